The van der Waals surface area contributed by atoms with Crippen molar-refractivity contribution in [2.24, 2.45) is 17.6 Å². The predicted octanol–water partition coefficient (Wildman–Crippen LogP) is 8.20. The maximum absolute atomic E-state index is 12.7. The van der Waals surface area contributed by atoms with E-state index in [1.807, 2.05) is 6.08 Å². The van der Waals surface area contributed by atoms with E-state index in [9.17, 15) is 34.1 Å². The molecule has 0 aromatic rings. The van der Waals surface area contributed by atoms with Crippen LogP contribution < -0.4 is 5.73 Å². The van der Waals surface area contributed by atoms with Gasteiger partial charge in [0.25, 0.3) is 0 Å². The first-order valence-electron chi connectivity index (χ1n) is 20.9. The fourth-order valence-electron chi connectivity index (χ4n) is 6.52. The first-order chi connectivity index (χ1) is 26.0. The number of ether oxygens (including phenoxy) is 2. The number of rotatable bonds is 35. The smallest absolute Gasteiger partial charge is 0.462 e. The molecular formula is C41H74NO11P. The maximum atomic E-state index is 12.7. The van der Waals surface area contributed by atoms with E-state index >= 15 is 0 Å². The van der Waals surface area contributed by atoms with E-state index in [1.54, 1.807) is 6.08 Å². The molecule has 0 amide bonds. The van der Waals surface area contributed by atoms with E-state index in [2.05, 4.69) is 26.0 Å². The van der Waals surface area contributed by atoms with Gasteiger partial charge in [-0.1, -0.05) is 115 Å². The van der Waals surface area contributed by atoms with Crippen molar-refractivity contribution in [1.29, 1.82) is 0 Å². The first-order valence-corrected chi connectivity index (χ1v) is 22.4. The number of aliphatic hydroxyl groups excluding tert-OH is 2. The van der Waals surface area contributed by atoms with E-state index in [0.29, 0.717) is 32.1 Å². The van der Waals surface area contributed by atoms with Crippen molar-refractivity contribution >= 4 is 25.5 Å². The molecule has 6 atom stereocenters. The molecular weight excluding hydrogens is 713 g/mol. The summed E-state index contributed by atoms with van der Waals surface area (Å²) in [5, 5.41) is 20.7. The maximum Gasteiger partial charge on any atom is 0.472 e. The number of esters is 2. The summed E-state index contributed by atoms with van der Waals surface area (Å²) >= 11 is 0. The number of unbranched alkanes of at least 4 members (excludes halogenated alkanes) is 14. The van der Waals surface area contributed by atoms with Crippen molar-refractivity contribution < 1.29 is 52.6 Å². The number of ketones is 1. The molecule has 0 spiro atoms. The molecule has 5 N–H and O–H groups in total. The number of hydrogen-bond acceptors (Lipinski definition) is 11. The summed E-state index contributed by atoms with van der Waals surface area (Å²) in [7, 11) is -4.44. The number of carbonyl (C=O) groups excluding carboxylic acids is 3. The lowest BCUT2D eigenvalue weighted by Gasteiger charge is -2.20. The predicted molar refractivity (Wildman–Crippen MR) is 211 cm³/mol. The van der Waals surface area contributed by atoms with E-state index < -0.39 is 44.7 Å². The number of phosphoric acid groups is 1. The quantitative estimate of drug-likeness (QED) is 0.0209. The number of allylic oxidation sites excluding steroid dienone is 2. The molecule has 1 aliphatic rings. The average molecular weight is 788 g/mol. The second kappa shape index (κ2) is 32.2. The Hall–Kier alpha value is -1.92. The van der Waals surface area contributed by atoms with Gasteiger partial charge in [-0.05, 0) is 51.4 Å². The van der Waals surface area contributed by atoms with Crippen molar-refractivity contribution in [2.45, 2.75) is 180 Å². The van der Waals surface area contributed by atoms with Gasteiger partial charge in [-0.2, -0.15) is 0 Å². The third-order valence-corrected chi connectivity index (χ3v) is 10.7. The topological polar surface area (TPSA) is 192 Å². The van der Waals surface area contributed by atoms with Crippen molar-refractivity contribution in [3.63, 3.8) is 0 Å². The van der Waals surface area contributed by atoms with Crippen LogP contribution in [-0.4, -0.2) is 77.5 Å². The van der Waals surface area contributed by atoms with Crippen LogP contribution >= 0.6 is 7.82 Å². The lowest BCUT2D eigenvalue weighted by molar-refractivity contribution is -0.161. The standard InChI is InChI=1S/C41H74NO11P/c1-3-5-7-8-9-10-11-12-13-14-15-16-21-25-40(46)50-32-35(33-52-54(48,49)51-30-29-42)53-41(47)26-22-18-17-20-24-36-37(39(45)31-38(36)44)28-27-34(43)23-19-6-4-2/h10-11,27-28,34-37,39,43,45H,3-9,12-26,29-33,42H2,1-2H3,(H,48,49)/b11-10-,28-27+/t34-,35+,36+,37+,39+/m0/s1. The van der Waals surface area contributed by atoms with Crippen molar-refractivity contribution in [3.8, 4) is 0 Å². The largest absolute Gasteiger partial charge is 0.472 e. The molecule has 12 nitrogen and oxygen atoms in total. The molecule has 1 unspecified atom stereocenters. The fourth-order valence-corrected chi connectivity index (χ4v) is 7.29. The van der Waals surface area contributed by atoms with Crippen molar-refractivity contribution in [3.05, 3.63) is 24.3 Å². The minimum atomic E-state index is -4.44. The number of aliphatic hydroxyl groups is 2. The Morgan fingerprint density at radius 3 is 2.09 bits per heavy atom. The van der Waals surface area contributed by atoms with Crippen molar-refractivity contribution in [2.75, 3.05) is 26.4 Å². The second-order valence-electron chi connectivity index (χ2n) is 14.6. The molecule has 0 aromatic heterocycles. The summed E-state index contributed by atoms with van der Waals surface area (Å²) in [5.74, 6) is -1.55. The molecule has 0 radical (unpaired) electrons. The molecule has 314 valence electrons. The highest BCUT2D eigenvalue weighted by Crippen LogP contribution is 2.43. The van der Waals surface area contributed by atoms with Crippen LogP contribution in [0, 0.1) is 11.8 Å². The van der Waals surface area contributed by atoms with Gasteiger partial charge in [0.15, 0.2) is 6.10 Å². The molecule has 1 aliphatic carbocycles. The zero-order chi connectivity index (χ0) is 39.9. The lowest BCUT2D eigenvalue weighted by Crippen LogP contribution is -2.29. The number of nitrogens with two attached hydrogens (primary N) is 1. The molecule has 54 heavy (non-hydrogen) atoms. The van der Waals surface area contributed by atoms with E-state index in [4.69, 9.17) is 24.3 Å². The number of phosphoric ester groups is 1. The molecule has 1 rings (SSSR count). The molecule has 0 aliphatic heterocycles. The van der Waals surface area contributed by atoms with Gasteiger partial charge in [-0.3, -0.25) is 23.4 Å². The van der Waals surface area contributed by atoms with E-state index in [0.717, 1.165) is 70.6 Å². The number of carbonyl (C=O) groups is 3. The SMILES string of the molecule is CCCCCC/C=C\CCCCCCCC(=O)OC[C@H](COP(=O)(O)OCCN)OC(=O)CCCCCC[C@H]1C(=O)C[C@@H](O)[C@@H]1/C=C/[C@@H](O)CCCCC. The van der Waals surface area contributed by atoms with Gasteiger partial charge in [0.05, 0.1) is 25.4 Å². The number of hydrogen-bond donors (Lipinski definition) is 4. The molecule has 0 saturated heterocycles. The summed E-state index contributed by atoms with van der Waals surface area (Å²) in [6, 6.07) is 0. The minimum absolute atomic E-state index is 0.0139. The Labute approximate surface area is 325 Å². The van der Waals surface area contributed by atoms with Crippen LogP contribution in [0.25, 0.3) is 0 Å². The van der Waals surface area contributed by atoms with Crippen LogP contribution in [0.3, 0.4) is 0 Å². The van der Waals surface area contributed by atoms with E-state index in [1.165, 1.54) is 25.7 Å². The van der Waals surface area contributed by atoms with Crippen molar-refractivity contribution in [1.82, 2.24) is 0 Å². The monoisotopic (exact) mass is 787 g/mol. The van der Waals surface area contributed by atoms with Gasteiger partial charge in [0.2, 0.25) is 0 Å². The Morgan fingerprint density at radius 1 is 0.833 bits per heavy atom. The lowest BCUT2D eigenvalue weighted by atomic mass is 9.88. The zero-order valence-electron chi connectivity index (χ0n) is 33.4. The van der Waals surface area contributed by atoms with Gasteiger partial charge in [-0.15, -0.1) is 0 Å². The normalized spacial score (nSPS) is 19.7. The Balaban J connectivity index is 2.42. The van der Waals surface area contributed by atoms with Crippen LogP contribution in [0.5, 0.6) is 0 Å². The van der Waals surface area contributed by atoms with Crippen LogP contribution in [-0.2, 0) is 37.5 Å². The summed E-state index contributed by atoms with van der Waals surface area (Å²) < 4.78 is 32.7. The van der Waals surface area contributed by atoms with Gasteiger partial charge >= 0.3 is 19.8 Å². The Bertz CT molecular complexity index is 1100. The van der Waals surface area contributed by atoms with Crippen LogP contribution in [0.4, 0.5) is 0 Å². The molecule has 0 heterocycles. The molecule has 1 saturated carbocycles. The zero-order valence-corrected chi connectivity index (χ0v) is 34.3. The third kappa shape index (κ3) is 26.0. The fraction of sp³-hybridized carbons (Fsp3) is 0.829. The second-order valence-corrected chi connectivity index (χ2v) is 16.1. The van der Waals surface area contributed by atoms with Gasteiger partial charge in [0.1, 0.15) is 12.4 Å². The molecule has 13 heteroatoms. The van der Waals surface area contributed by atoms with Gasteiger partial charge < -0.3 is 30.3 Å². The summed E-state index contributed by atoms with van der Waals surface area (Å²) in [6.45, 7) is 3.32. The summed E-state index contributed by atoms with van der Waals surface area (Å²) in [6.07, 6.45) is 25.4. The molecule has 0 aromatic carbocycles. The highest BCUT2D eigenvalue weighted by molar-refractivity contribution is 7.47. The number of Topliss-reactive ketones (excluding diaryl/α,β-unsaturated/α-hetero) is 1. The highest BCUT2D eigenvalue weighted by atomic mass is 31.2. The Morgan fingerprint density at radius 2 is 1.43 bits per heavy atom. The first kappa shape index (κ1) is 50.1. The molecule has 0 bridgehead atoms. The average Bonchev–Trinajstić information content (AvgIpc) is 3.41. The molecule has 1 fully saturated rings. The minimum Gasteiger partial charge on any atom is -0.462 e. The third-order valence-electron chi connectivity index (χ3n) is 9.70. The highest BCUT2D eigenvalue weighted by Gasteiger charge is 2.39. The van der Waals surface area contributed by atoms with Gasteiger partial charge in [-0.25, -0.2) is 4.57 Å². The summed E-state index contributed by atoms with van der Waals surface area (Å²) in [4.78, 5) is 47.5. The van der Waals surface area contributed by atoms with Crippen LogP contribution in [0.1, 0.15) is 162 Å². The van der Waals surface area contributed by atoms with Gasteiger partial charge in [0, 0.05) is 37.6 Å². The summed E-state index contributed by atoms with van der Waals surface area (Å²) in [5.41, 5.74) is 5.33. The Kier molecular flexibility index (Phi) is 29.9. The van der Waals surface area contributed by atoms with Crippen LogP contribution in [0.2, 0.25) is 0 Å². The van der Waals surface area contributed by atoms with E-state index in [-0.39, 0.29) is 56.6 Å². The van der Waals surface area contributed by atoms with Crippen LogP contribution in [0.15, 0.2) is 24.3 Å².